The molecule has 0 saturated carbocycles. The van der Waals surface area contributed by atoms with Gasteiger partial charge in [0.25, 0.3) is 0 Å². The Bertz CT molecular complexity index is 656. The molecule has 2 aromatic rings. The number of amides is 2. The summed E-state index contributed by atoms with van der Waals surface area (Å²) < 4.78 is 5.49. The summed E-state index contributed by atoms with van der Waals surface area (Å²) in [6.45, 7) is 1.04. The van der Waals surface area contributed by atoms with E-state index in [1.54, 1.807) is 11.2 Å². The third-order valence-electron chi connectivity index (χ3n) is 3.37. The van der Waals surface area contributed by atoms with E-state index in [0.717, 1.165) is 16.5 Å². The molecule has 1 saturated heterocycles. The number of nitriles is 1. The van der Waals surface area contributed by atoms with Crippen LogP contribution in [0.1, 0.15) is 18.0 Å². The van der Waals surface area contributed by atoms with Gasteiger partial charge in [0.05, 0.1) is 24.8 Å². The first-order chi connectivity index (χ1) is 9.29. The predicted octanol–water partition coefficient (Wildman–Crippen LogP) is 2.41. The first-order valence-electron chi connectivity index (χ1n) is 6.18. The molecule has 0 aliphatic carbocycles. The largest absolute Gasteiger partial charge is 0.464 e. The quantitative estimate of drug-likeness (QED) is 0.915. The molecule has 1 aliphatic rings. The summed E-state index contributed by atoms with van der Waals surface area (Å²) in [4.78, 5) is 13.5. The molecule has 1 aliphatic heterocycles. The Balaban J connectivity index is 1.84. The smallest absolute Gasteiger partial charge is 0.318 e. The fraction of sp³-hybridized carbons (Fsp3) is 0.286. The number of carbonyl (C=O) groups is 1. The van der Waals surface area contributed by atoms with Gasteiger partial charge >= 0.3 is 6.03 Å². The van der Waals surface area contributed by atoms with Gasteiger partial charge in [-0.1, -0.05) is 18.2 Å². The molecule has 3 rings (SSSR count). The zero-order valence-corrected chi connectivity index (χ0v) is 10.3. The Morgan fingerprint density at radius 1 is 1.47 bits per heavy atom. The van der Waals surface area contributed by atoms with Crippen molar-refractivity contribution < 1.29 is 9.21 Å². The van der Waals surface area contributed by atoms with Crippen LogP contribution in [0.5, 0.6) is 0 Å². The number of benzene rings is 1. The van der Waals surface area contributed by atoms with E-state index in [1.807, 2.05) is 24.3 Å². The summed E-state index contributed by atoms with van der Waals surface area (Å²) in [6, 6.07) is 9.62. The fourth-order valence-electron chi connectivity index (χ4n) is 2.41. The standard InChI is InChI=1S/C14H13N3O2/c15-6-3-7-17-8-12(16-14(17)18)11-9-19-13-5-2-1-4-10(11)13/h1-2,4-5,9,12H,3,7-8H2,(H,16,18). The highest BCUT2D eigenvalue weighted by atomic mass is 16.3. The monoisotopic (exact) mass is 255 g/mol. The molecule has 1 atom stereocenters. The second kappa shape index (κ2) is 4.65. The SMILES string of the molecule is N#CCCN1CC(c2coc3ccccc23)NC1=O. The minimum atomic E-state index is -0.120. The van der Waals surface area contributed by atoms with Crippen molar-refractivity contribution in [3.63, 3.8) is 0 Å². The van der Waals surface area contributed by atoms with Crippen LogP contribution in [0.25, 0.3) is 11.0 Å². The minimum Gasteiger partial charge on any atom is -0.464 e. The average molecular weight is 255 g/mol. The molecule has 5 nitrogen and oxygen atoms in total. The zero-order chi connectivity index (χ0) is 13.2. The molecular weight excluding hydrogens is 242 g/mol. The summed E-state index contributed by atoms with van der Waals surface area (Å²) in [5.74, 6) is 0. The first kappa shape index (κ1) is 11.6. The van der Waals surface area contributed by atoms with Crippen molar-refractivity contribution >= 4 is 17.0 Å². The maximum Gasteiger partial charge on any atom is 0.318 e. The van der Waals surface area contributed by atoms with Gasteiger partial charge in [0.2, 0.25) is 0 Å². The lowest BCUT2D eigenvalue weighted by molar-refractivity contribution is 0.218. The van der Waals surface area contributed by atoms with Crippen molar-refractivity contribution in [2.24, 2.45) is 0 Å². The molecule has 19 heavy (non-hydrogen) atoms. The van der Waals surface area contributed by atoms with Crippen molar-refractivity contribution in [2.45, 2.75) is 12.5 Å². The van der Waals surface area contributed by atoms with E-state index >= 15 is 0 Å². The molecule has 1 fully saturated rings. The van der Waals surface area contributed by atoms with Gasteiger partial charge in [-0.3, -0.25) is 0 Å². The van der Waals surface area contributed by atoms with Crippen LogP contribution >= 0.6 is 0 Å². The van der Waals surface area contributed by atoms with Crippen LogP contribution in [0.2, 0.25) is 0 Å². The van der Waals surface area contributed by atoms with Crippen molar-refractivity contribution in [3.8, 4) is 6.07 Å². The molecule has 96 valence electrons. The number of fused-ring (bicyclic) bond motifs is 1. The second-order valence-electron chi connectivity index (χ2n) is 4.54. The molecule has 1 N–H and O–H groups in total. The van der Waals surface area contributed by atoms with E-state index < -0.39 is 0 Å². The number of para-hydroxylation sites is 1. The molecule has 2 amide bonds. The van der Waals surface area contributed by atoms with E-state index in [0.29, 0.717) is 19.5 Å². The third-order valence-corrected chi connectivity index (χ3v) is 3.37. The molecule has 5 heteroatoms. The highest BCUT2D eigenvalue weighted by molar-refractivity contribution is 5.84. The Kier molecular flexibility index (Phi) is 2.84. The van der Waals surface area contributed by atoms with E-state index in [-0.39, 0.29) is 12.1 Å². The molecule has 0 bridgehead atoms. The highest BCUT2D eigenvalue weighted by Crippen LogP contribution is 2.29. The van der Waals surface area contributed by atoms with E-state index in [1.165, 1.54) is 0 Å². The second-order valence-corrected chi connectivity index (χ2v) is 4.54. The summed E-state index contributed by atoms with van der Waals surface area (Å²) in [5.41, 5.74) is 1.81. The summed E-state index contributed by atoms with van der Waals surface area (Å²) >= 11 is 0. The summed E-state index contributed by atoms with van der Waals surface area (Å²) in [7, 11) is 0. The molecule has 1 aromatic heterocycles. The van der Waals surface area contributed by atoms with Crippen LogP contribution in [-0.4, -0.2) is 24.0 Å². The van der Waals surface area contributed by atoms with Crippen LogP contribution in [0, 0.1) is 11.3 Å². The Morgan fingerprint density at radius 2 is 2.32 bits per heavy atom. The summed E-state index contributed by atoms with van der Waals surface area (Å²) in [6.07, 6.45) is 2.05. The van der Waals surface area contributed by atoms with Crippen LogP contribution in [0.3, 0.4) is 0 Å². The highest BCUT2D eigenvalue weighted by Gasteiger charge is 2.31. The molecule has 0 spiro atoms. The van der Waals surface area contributed by atoms with E-state index in [2.05, 4.69) is 11.4 Å². The number of hydrogen-bond acceptors (Lipinski definition) is 3. The normalized spacial score (nSPS) is 18.6. The Morgan fingerprint density at radius 3 is 3.16 bits per heavy atom. The van der Waals surface area contributed by atoms with Crippen molar-refractivity contribution in [1.82, 2.24) is 10.2 Å². The number of urea groups is 1. The van der Waals surface area contributed by atoms with Gasteiger partial charge in [0.15, 0.2) is 0 Å². The number of nitrogens with one attached hydrogen (secondary N) is 1. The Labute approximate surface area is 110 Å². The Hall–Kier alpha value is -2.48. The first-order valence-corrected chi connectivity index (χ1v) is 6.18. The van der Waals surface area contributed by atoms with E-state index in [4.69, 9.17) is 9.68 Å². The lowest BCUT2D eigenvalue weighted by Crippen LogP contribution is -2.28. The van der Waals surface area contributed by atoms with Gasteiger partial charge in [0, 0.05) is 24.0 Å². The number of furan rings is 1. The van der Waals surface area contributed by atoms with Crippen LogP contribution in [0.15, 0.2) is 34.9 Å². The predicted molar refractivity (Wildman–Crippen MR) is 69.3 cm³/mol. The lowest BCUT2D eigenvalue weighted by Gasteiger charge is -2.11. The van der Waals surface area contributed by atoms with Gasteiger partial charge in [-0.2, -0.15) is 5.26 Å². The van der Waals surface area contributed by atoms with Gasteiger partial charge in [-0.05, 0) is 6.07 Å². The number of carbonyl (C=O) groups excluding carboxylic acids is 1. The third kappa shape index (κ3) is 2.02. The van der Waals surface area contributed by atoms with Crippen LogP contribution < -0.4 is 5.32 Å². The van der Waals surface area contributed by atoms with E-state index in [9.17, 15) is 4.79 Å². The summed E-state index contributed by atoms with van der Waals surface area (Å²) in [5, 5.41) is 12.5. The van der Waals surface area contributed by atoms with Crippen LogP contribution in [0.4, 0.5) is 4.79 Å². The molecule has 2 heterocycles. The minimum absolute atomic E-state index is 0.0742. The molecule has 1 unspecified atom stereocenters. The van der Waals surface area contributed by atoms with Gasteiger partial charge in [0.1, 0.15) is 5.58 Å². The number of hydrogen-bond donors (Lipinski definition) is 1. The van der Waals surface area contributed by atoms with Gasteiger partial charge in [-0.15, -0.1) is 0 Å². The van der Waals surface area contributed by atoms with Crippen molar-refractivity contribution in [3.05, 3.63) is 36.1 Å². The average Bonchev–Trinajstić information content (AvgIpc) is 3.00. The molecule has 0 radical (unpaired) electrons. The van der Waals surface area contributed by atoms with Crippen LogP contribution in [-0.2, 0) is 0 Å². The topological polar surface area (TPSA) is 69.3 Å². The fourth-order valence-corrected chi connectivity index (χ4v) is 2.41. The zero-order valence-electron chi connectivity index (χ0n) is 10.3. The maximum atomic E-state index is 11.8. The number of rotatable bonds is 3. The lowest BCUT2D eigenvalue weighted by atomic mass is 10.1. The van der Waals surface area contributed by atoms with Gasteiger partial charge in [-0.25, -0.2) is 4.79 Å². The van der Waals surface area contributed by atoms with Crippen molar-refractivity contribution in [2.75, 3.05) is 13.1 Å². The maximum absolute atomic E-state index is 11.8. The molecular formula is C14H13N3O2. The van der Waals surface area contributed by atoms with Gasteiger partial charge < -0.3 is 14.6 Å². The number of nitrogens with zero attached hydrogens (tertiary/aromatic N) is 2. The molecule has 1 aromatic carbocycles. The van der Waals surface area contributed by atoms with Crippen molar-refractivity contribution in [1.29, 1.82) is 5.26 Å².